The monoisotopic (exact) mass is 240 g/mol. The Morgan fingerprint density at radius 1 is 1.53 bits per heavy atom. The molecule has 98 valence electrons. The number of aliphatic carboxylic acids is 1. The third kappa shape index (κ3) is 3.54. The second-order valence-corrected chi connectivity index (χ2v) is 5.04. The average Bonchev–Trinajstić information content (AvgIpc) is 2.49. The SMILES string of the molecule is C=CCNC1(C(=O)O)CCCN(C(C)C)CC1. The topological polar surface area (TPSA) is 52.6 Å². The molecule has 1 aliphatic heterocycles. The summed E-state index contributed by atoms with van der Waals surface area (Å²) in [6.45, 7) is 10.3. The number of carbonyl (C=O) groups is 1. The third-order valence-electron chi connectivity index (χ3n) is 3.60. The van der Waals surface area contributed by atoms with Crippen molar-refractivity contribution in [2.24, 2.45) is 0 Å². The van der Waals surface area contributed by atoms with Gasteiger partial charge in [0, 0.05) is 19.1 Å². The number of likely N-dealkylation sites (tertiary alicyclic amines) is 1. The number of carboxylic acids is 1. The molecule has 0 aliphatic carbocycles. The second-order valence-electron chi connectivity index (χ2n) is 5.04. The lowest BCUT2D eigenvalue weighted by Gasteiger charge is -2.29. The maximum Gasteiger partial charge on any atom is 0.323 e. The summed E-state index contributed by atoms with van der Waals surface area (Å²) in [4.78, 5) is 13.8. The standard InChI is InChI=1S/C13H24N2O2/c1-4-8-14-13(12(16)17)6-5-9-15(10-7-13)11(2)3/h4,11,14H,1,5-10H2,2-3H3,(H,16,17). The van der Waals surface area contributed by atoms with Crippen LogP contribution in [0.1, 0.15) is 33.1 Å². The van der Waals surface area contributed by atoms with Gasteiger partial charge in [0.25, 0.3) is 0 Å². The average molecular weight is 240 g/mol. The number of rotatable bonds is 5. The van der Waals surface area contributed by atoms with E-state index in [1.807, 2.05) is 0 Å². The van der Waals surface area contributed by atoms with Crippen LogP contribution in [0.3, 0.4) is 0 Å². The summed E-state index contributed by atoms with van der Waals surface area (Å²) < 4.78 is 0. The maximum absolute atomic E-state index is 11.5. The largest absolute Gasteiger partial charge is 0.480 e. The summed E-state index contributed by atoms with van der Waals surface area (Å²) in [7, 11) is 0. The molecule has 2 N–H and O–H groups in total. The zero-order valence-electron chi connectivity index (χ0n) is 10.9. The molecule has 0 aromatic heterocycles. The summed E-state index contributed by atoms with van der Waals surface area (Å²) in [6.07, 6.45) is 4.00. The molecular formula is C13H24N2O2. The van der Waals surface area contributed by atoms with Crippen molar-refractivity contribution < 1.29 is 9.90 Å². The Morgan fingerprint density at radius 2 is 2.24 bits per heavy atom. The van der Waals surface area contributed by atoms with Crippen molar-refractivity contribution in [1.29, 1.82) is 0 Å². The van der Waals surface area contributed by atoms with Gasteiger partial charge in [-0.1, -0.05) is 6.08 Å². The zero-order chi connectivity index (χ0) is 12.9. The van der Waals surface area contributed by atoms with Gasteiger partial charge >= 0.3 is 5.97 Å². The lowest BCUT2D eigenvalue weighted by molar-refractivity contribution is -0.145. The van der Waals surface area contributed by atoms with Crippen LogP contribution >= 0.6 is 0 Å². The molecule has 1 unspecified atom stereocenters. The van der Waals surface area contributed by atoms with Crippen molar-refractivity contribution in [2.45, 2.75) is 44.7 Å². The van der Waals surface area contributed by atoms with Crippen LogP contribution in [-0.2, 0) is 4.79 Å². The van der Waals surface area contributed by atoms with Gasteiger partial charge in [-0.25, -0.2) is 0 Å². The third-order valence-corrected chi connectivity index (χ3v) is 3.60. The lowest BCUT2D eigenvalue weighted by Crippen LogP contribution is -2.52. The Labute approximate surface area is 104 Å². The molecule has 0 spiro atoms. The van der Waals surface area contributed by atoms with E-state index in [0.717, 1.165) is 19.5 Å². The highest BCUT2D eigenvalue weighted by molar-refractivity contribution is 5.78. The van der Waals surface area contributed by atoms with Gasteiger partial charge in [0.15, 0.2) is 0 Å². The van der Waals surface area contributed by atoms with E-state index < -0.39 is 11.5 Å². The van der Waals surface area contributed by atoms with Crippen LogP contribution in [0.5, 0.6) is 0 Å². The Bertz CT molecular complexity index is 279. The quantitative estimate of drug-likeness (QED) is 0.715. The summed E-state index contributed by atoms with van der Waals surface area (Å²) >= 11 is 0. The van der Waals surface area contributed by atoms with Crippen LogP contribution in [0.4, 0.5) is 0 Å². The maximum atomic E-state index is 11.5. The minimum Gasteiger partial charge on any atom is -0.480 e. The molecule has 4 nitrogen and oxygen atoms in total. The molecule has 17 heavy (non-hydrogen) atoms. The zero-order valence-corrected chi connectivity index (χ0v) is 10.9. The molecule has 1 saturated heterocycles. The lowest BCUT2D eigenvalue weighted by atomic mass is 9.90. The fourth-order valence-corrected chi connectivity index (χ4v) is 2.41. The van der Waals surface area contributed by atoms with E-state index in [1.54, 1.807) is 6.08 Å². The Morgan fingerprint density at radius 3 is 2.76 bits per heavy atom. The van der Waals surface area contributed by atoms with Gasteiger partial charge in [0.1, 0.15) is 5.54 Å². The van der Waals surface area contributed by atoms with Gasteiger partial charge in [0.2, 0.25) is 0 Å². The van der Waals surface area contributed by atoms with Crippen LogP contribution in [0, 0.1) is 0 Å². The Hall–Kier alpha value is -0.870. The van der Waals surface area contributed by atoms with Gasteiger partial charge < -0.3 is 10.0 Å². The molecule has 1 fully saturated rings. The number of hydrogen-bond acceptors (Lipinski definition) is 3. The first kappa shape index (κ1) is 14.2. The predicted molar refractivity (Wildman–Crippen MR) is 69.1 cm³/mol. The van der Waals surface area contributed by atoms with Crippen LogP contribution in [0.15, 0.2) is 12.7 Å². The summed E-state index contributed by atoms with van der Waals surface area (Å²) in [5, 5.41) is 12.6. The normalized spacial score (nSPS) is 26.8. The smallest absolute Gasteiger partial charge is 0.323 e. The first-order valence-electron chi connectivity index (χ1n) is 6.35. The van der Waals surface area contributed by atoms with Crippen LogP contribution in [-0.4, -0.2) is 47.2 Å². The van der Waals surface area contributed by atoms with Crippen molar-refractivity contribution in [3.63, 3.8) is 0 Å². The summed E-state index contributed by atoms with van der Waals surface area (Å²) in [6, 6.07) is 0.485. The Balaban J connectivity index is 2.72. The highest BCUT2D eigenvalue weighted by atomic mass is 16.4. The van der Waals surface area contributed by atoms with E-state index in [2.05, 4.69) is 30.6 Å². The molecule has 0 aromatic carbocycles. The highest BCUT2D eigenvalue weighted by Gasteiger charge is 2.39. The number of nitrogens with one attached hydrogen (secondary N) is 1. The number of carboxylic acid groups (broad SMARTS) is 1. The van der Waals surface area contributed by atoms with Gasteiger partial charge in [-0.15, -0.1) is 6.58 Å². The molecule has 1 rings (SSSR count). The second kappa shape index (κ2) is 6.17. The van der Waals surface area contributed by atoms with Crippen molar-refractivity contribution in [2.75, 3.05) is 19.6 Å². The van der Waals surface area contributed by atoms with E-state index in [-0.39, 0.29) is 0 Å². The van der Waals surface area contributed by atoms with Crippen molar-refractivity contribution >= 4 is 5.97 Å². The van der Waals surface area contributed by atoms with E-state index in [0.29, 0.717) is 25.4 Å². The van der Waals surface area contributed by atoms with E-state index >= 15 is 0 Å². The van der Waals surface area contributed by atoms with Gasteiger partial charge in [-0.2, -0.15) is 0 Å². The first-order valence-corrected chi connectivity index (χ1v) is 6.35. The molecule has 0 saturated carbocycles. The Kier molecular flexibility index (Phi) is 5.15. The first-order chi connectivity index (χ1) is 8.02. The number of hydrogen-bond donors (Lipinski definition) is 2. The van der Waals surface area contributed by atoms with Crippen LogP contribution in [0.2, 0.25) is 0 Å². The van der Waals surface area contributed by atoms with E-state index in [9.17, 15) is 9.90 Å². The fourth-order valence-electron chi connectivity index (χ4n) is 2.41. The van der Waals surface area contributed by atoms with Gasteiger partial charge in [0.05, 0.1) is 0 Å². The van der Waals surface area contributed by atoms with Crippen molar-refractivity contribution in [1.82, 2.24) is 10.2 Å². The van der Waals surface area contributed by atoms with Crippen LogP contribution in [0.25, 0.3) is 0 Å². The molecule has 0 aromatic rings. The molecule has 1 atom stereocenters. The fraction of sp³-hybridized carbons (Fsp3) is 0.769. The summed E-state index contributed by atoms with van der Waals surface area (Å²) in [5.74, 6) is -0.732. The van der Waals surface area contributed by atoms with Gasteiger partial charge in [-0.3, -0.25) is 10.1 Å². The van der Waals surface area contributed by atoms with Crippen LogP contribution < -0.4 is 5.32 Å². The predicted octanol–water partition coefficient (Wildman–Crippen LogP) is 1.48. The molecule has 0 bridgehead atoms. The molecule has 0 amide bonds. The molecule has 4 heteroatoms. The summed E-state index contributed by atoms with van der Waals surface area (Å²) in [5.41, 5.74) is -0.766. The minimum absolute atomic E-state index is 0.485. The van der Waals surface area contributed by atoms with Crippen molar-refractivity contribution in [3.8, 4) is 0 Å². The molecule has 1 aliphatic rings. The highest BCUT2D eigenvalue weighted by Crippen LogP contribution is 2.23. The van der Waals surface area contributed by atoms with Crippen molar-refractivity contribution in [3.05, 3.63) is 12.7 Å². The van der Waals surface area contributed by atoms with Gasteiger partial charge in [-0.05, 0) is 39.7 Å². The van der Waals surface area contributed by atoms with E-state index in [1.165, 1.54) is 0 Å². The number of nitrogens with zero attached hydrogens (tertiary/aromatic N) is 1. The minimum atomic E-state index is -0.766. The van der Waals surface area contributed by atoms with E-state index in [4.69, 9.17) is 0 Å². The molecular weight excluding hydrogens is 216 g/mol. The molecule has 1 heterocycles. The molecule has 0 radical (unpaired) electrons.